The van der Waals surface area contributed by atoms with Crippen molar-refractivity contribution in [3.05, 3.63) is 0 Å². The number of carbonyl (C=O) groups excluding carboxylic acids is 2. The summed E-state index contributed by atoms with van der Waals surface area (Å²) in [7, 11) is 0. The first kappa shape index (κ1) is 5.64. The van der Waals surface area contributed by atoms with Gasteiger partial charge in [-0.25, -0.2) is 0 Å². The summed E-state index contributed by atoms with van der Waals surface area (Å²) < 4.78 is 3.89. The molecule has 0 amide bonds. The summed E-state index contributed by atoms with van der Waals surface area (Å²) in [5.74, 6) is -0.807. The Labute approximate surface area is 64.9 Å². The first-order chi connectivity index (χ1) is 4.14. The number of carbonyl (C=O) groups is 2. The Balaban J connectivity index is 2.38. The Bertz CT molecular complexity index is 212. The lowest BCUT2D eigenvalue weighted by atomic mass is 10.4. The number of fused-ring (bicyclic) bond motifs is 1. The second kappa shape index (κ2) is 1.31. The standard InChI is InChI=1S/C5H3IO3/c6-5-1-2(5)3(7)9-4(5)8/h2H,1H2. The molecular formula is C5H3IO3. The molecule has 0 aromatic carbocycles. The van der Waals surface area contributed by atoms with Crippen LogP contribution >= 0.6 is 22.6 Å². The summed E-state index contributed by atoms with van der Waals surface area (Å²) in [5.41, 5.74) is 0. The van der Waals surface area contributed by atoms with E-state index in [1.807, 2.05) is 22.6 Å². The Morgan fingerprint density at radius 2 is 2.33 bits per heavy atom. The second-order valence-corrected chi connectivity index (χ2v) is 4.25. The van der Waals surface area contributed by atoms with E-state index in [1.54, 1.807) is 0 Å². The van der Waals surface area contributed by atoms with Crippen LogP contribution in [0.15, 0.2) is 0 Å². The maximum absolute atomic E-state index is 10.7. The van der Waals surface area contributed by atoms with E-state index in [1.165, 1.54) is 0 Å². The molecule has 3 nitrogen and oxygen atoms in total. The lowest BCUT2D eigenvalue weighted by Gasteiger charge is -1.93. The van der Waals surface area contributed by atoms with Crippen molar-refractivity contribution in [2.75, 3.05) is 0 Å². The molecule has 1 heterocycles. The Hall–Kier alpha value is -0.130. The molecule has 2 rings (SSSR count). The van der Waals surface area contributed by atoms with Crippen LogP contribution in [0.25, 0.3) is 0 Å². The molecule has 1 aliphatic carbocycles. The number of hydrogen-bond donors (Lipinski definition) is 0. The lowest BCUT2D eigenvalue weighted by molar-refractivity contribution is -0.154. The first-order valence-electron chi connectivity index (χ1n) is 2.59. The van der Waals surface area contributed by atoms with Crippen LogP contribution in [0.3, 0.4) is 0 Å². The number of hydrogen-bond acceptors (Lipinski definition) is 3. The van der Waals surface area contributed by atoms with E-state index >= 15 is 0 Å². The van der Waals surface area contributed by atoms with Gasteiger partial charge < -0.3 is 4.74 Å². The maximum atomic E-state index is 10.7. The molecule has 2 atom stereocenters. The van der Waals surface area contributed by atoms with Crippen LogP contribution in [0.5, 0.6) is 0 Å². The Morgan fingerprint density at radius 1 is 1.67 bits per heavy atom. The summed E-state index contributed by atoms with van der Waals surface area (Å²) in [6, 6.07) is 0. The second-order valence-electron chi connectivity index (χ2n) is 2.33. The quantitative estimate of drug-likeness (QED) is 0.263. The van der Waals surface area contributed by atoms with Gasteiger partial charge in [-0.2, -0.15) is 0 Å². The zero-order chi connectivity index (χ0) is 6.65. The molecule has 9 heavy (non-hydrogen) atoms. The van der Waals surface area contributed by atoms with Crippen molar-refractivity contribution < 1.29 is 14.3 Å². The largest absolute Gasteiger partial charge is 0.392 e. The van der Waals surface area contributed by atoms with Gasteiger partial charge in [-0.3, -0.25) is 9.59 Å². The third-order valence-corrected chi connectivity index (χ3v) is 3.34. The van der Waals surface area contributed by atoms with E-state index in [-0.39, 0.29) is 17.9 Å². The van der Waals surface area contributed by atoms with Gasteiger partial charge in [0.2, 0.25) is 0 Å². The monoisotopic (exact) mass is 238 g/mol. The van der Waals surface area contributed by atoms with Gasteiger partial charge in [0, 0.05) is 0 Å². The van der Waals surface area contributed by atoms with E-state index < -0.39 is 3.42 Å². The van der Waals surface area contributed by atoms with Crippen molar-refractivity contribution in [1.29, 1.82) is 0 Å². The van der Waals surface area contributed by atoms with Gasteiger partial charge in [0.1, 0.15) is 3.42 Å². The molecule has 48 valence electrons. The summed E-state index contributed by atoms with van der Waals surface area (Å²) in [6.07, 6.45) is 0.686. The normalized spacial score (nSPS) is 46.6. The molecule has 1 aliphatic heterocycles. The van der Waals surface area contributed by atoms with Crippen molar-refractivity contribution in [2.45, 2.75) is 9.84 Å². The molecule has 0 radical (unpaired) electrons. The molecule has 1 saturated carbocycles. The summed E-state index contributed by atoms with van der Waals surface area (Å²) in [5, 5.41) is 0. The van der Waals surface area contributed by atoms with Crippen molar-refractivity contribution in [3.8, 4) is 0 Å². The minimum atomic E-state index is -0.450. The highest BCUT2D eigenvalue weighted by atomic mass is 127. The van der Waals surface area contributed by atoms with E-state index in [0.29, 0.717) is 6.42 Å². The zero-order valence-electron chi connectivity index (χ0n) is 4.39. The van der Waals surface area contributed by atoms with Gasteiger partial charge >= 0.3 is 11.9 Å². The number of rotatable bonds is 0. The van der Waals surface area contributed by atoms with E-state index in [2.05, 4.69) is 4.74 Å². The average Bonchev–Trinajstić information content (AvgIpc) is 2.38. The van der Waals surface area contributed by atoms with Crippen molar-refractivity contribution in [1.82, 2.24) is 0 Å². The van der Waals surface area contributed by atoms with Gasteiger partial charge in [-0.05, 0) is 6.42 Å². The molecule has 0 N–H and O–H groups in total. The fourth-order valence-electron chi connectivity index (χ4n) is 0.981. The molecular weight excluding hydrogens is 235 g/mol. The average molecular weight is 238 g/mol. The smallest absolute Gasteiger partial charge is 0.330 e. The molecule has 4 heteroatoms. The number of alkyl halides is 1. The van der Waals surface area contributed by atoms with Crippen LogP contribution in [-0.4, -0.2) is 15.4 Å². The van der Waals surface area contributed by atoms with Crippen LogP contribution in [0.4, 0.5) is 0 Å². The Kier molecular flexibility index (Phi) is 0.818. The minimum absolute atomic E-state index is 0.120. The van der Waals surface area contributed by atoms with Gasteiger partial charge in [-0.15, -0.1) is 0 Å². The molecule has 0 aromatic heterocycles. The third kappa shape index (κ3) is 0.518. The molecule has 2 aliphatic rings. The van der Waals surface area contributed by atoms with Crippen LogP contribution < -0.4 is 0 Å². The van der Waals surface area contributed by atoms with Crippen LogP contribution in [-0.2, 0) is 14.3 Å². The van der Waals surface area contributed by atoms with Crippen molar-refractivity contribution in [3.63, 3.8) is 0 Å². The Morgan fingerprint density at radius 3 is 2.44 bits per heavy atom. The highest BCUT2D eigenvalue weighted by molar-refractivity contribution is 14.1. The summed E-state index contributed by atoms with van der Waals surface area (Å²) in [4.78, 5) is 21.3. The maximum Gasteiger partial charge on any atom is 0.330 e. The number of esters is 2. The molecule has 0 aromatic rings. The van der Waals surface area contributed by atoms with E-state index in [9.17, 15) is 9.59 Å². The molecule has 0 bridgehead atoms. The fourth-order valence-corrected chi connectivity index (χ4v) is 1.79. The van der Waals surface area contributed by atoms with Crippen LogP contribution in [0.2, 0.25) is 0 Å². The number of ether oxygens (including phenoxy) is 1. The van der Waals surface area contributed by atoms with Gasteiger partial charge in [-0.1, -0.05) is 22.6 Å². The number of halogens is 1. The van der Waals surface area contributed by atoms with Gasteiger partial charge in [0.25, 0.3) is 0 Å². The topological polar surface area (TPSA) is 43.4 Å². The highest BCUT2D eigenvalue weighted by Crippen LogP contribution is 2.57. The van der Waals surface area contributed by atoms with E-state index in [4.69, 9.17) is 0 Å². The van der Waals surface area contributed by atoms with E-state index in [0.717, 1.165) is 0 Å². The van der Waals surface area contributed by atoms with Gasteiger partial charge in [0.05, 0.1) is 5.92 Å². The third-order valence-electron chi connectivity index (χ3n) is 1.71. The SMILES string of the molecule is O=C1OC(=O)C2(I)CC12. The first-order valence-corrected chi connectivity index (χ1v) is 3.67. The molecule has 1 saturated heterocycles. The summed E-state index contributed by atoms with van der Waals surface area (Å²) in [6.45, 7) is 0. The molecule has 2 unspecified atom stereocenters. The minimum Gasteiger partial charge on any atom is -0.392 e. The predicted octanol–water partition coefficient (Wildman–Crippen LogP) is 0.263. The van der Waals surface area contributed by atoms with Crippen LogP contribution in [0, 0.1) is 5.92 Å². The van der Waals surface area contributed by atoms with Gasteiger partial charge in [0.15, 0.2) is 0 Å². The predicted molar refractivity (Wildman–Crippen MR) is 36.0 cm³/mol. The zero-order valence-corrected chi connectivity index (χ0v) is 6.54. The summed E-state index contributed by atoms with van der Waals surface area (Å²) >= 11 is 1.99. The molecule has 2 fully saturated rings. The van der Waals surface area contributed by atoms with Crippen molar-refractivity contribution >= 4 is 34.5 Å². The highest BCUT2D eigenvalue weighted by Gasteiger charge is 2.69. The lowest BCUT2D eigenvalue weighted by Crippen LogP contribution is -2.12. The van der Waals surface area contributed by atoms with Crippen molar-refractivity contribution in [2.24, 2.45) is 5.92 Å². The van der Waals surface area contributed by atoms with Crippen LogP contribution in [0.1, 0.15) is 6.42 Å². The fraction of sp³-hybridized carbons (Fsp3) is 0.600. The molecule has 0 spiro atoms. The number of cyclic esters (lactones) is 2.